The Labute approximate surface area is 91.3 Å². The first-order chi connectivity index (χ1) is 7.68. The van der Waals surface area contributed by atoms with Crippen molar-refractivity contribution in [2.45, 2.75) is 6.92 Å². The smallest absolute Gasteiger partial charge is 0.336 e. The first kappa shape index (κ1) is 9.09. The van der Waals surface area contributed by atoms with Crippen LogP contribution in [0.15, 0.2) is 39.5 Å². The van der Waals surface area contributed by atoms with Crippen LogP contribution in [0.2, 0.25) is 0 Å². The monoisotopic (exact) mass is 212 g/mol. The first-order valence-corrected chi connectivity index (χ1v) is 4.97. The van der Waals surface area contributed by atoms with E-state index in [9.17, 15) is 9.59 Å². The van der Waals surface area contributed by atoms with Gasteiger partial charge in [-0.3, -0.25) is 4.79 Å². The third-order valence-corrected chi connectivity index (χ3v) is 2.80. The molecule has 0 radical (unpaired) electrons. The molecule has 0 unspecified atom stereocenters. The third-order valence-electron chi connectivity index (χ3n) is 2.80. The van der Waals surface area contributed by atoms with Crippen molar-refractivity contribution >= 4 is 5.78 Å². The molecule has 0 amide bonds. The van der Waals surface area contributed by atoms with E-state index in [0.29, 0.717) is 28.0 Å². The zero-order valence-corrected chi connectivity index (χ0v) is 8.61. The summed E-state index contributed by atoms with van der Waals surface area (Å²) in [5, 5.41) is 0. The van der Waals surface area contributed by atoms with Gasteiger partial charge in [-0.1, -0.05) is 24.3 Å². The summed E-state index contributed by atoms with van der Waals surface area (Å²) in [6.07, 6.45) is 0. The fourth-order valence-electron chi connectivity index (χ4n) is 2.09. The van der Waals surface area contributed by atoms with Crippen molar-refractivity contribution in [2.24, 2.45) is 0 Å². The molecule has 2 aromatic rings. The van der Waals surface area contributed by atoms with Gasteiger partial charge in [-0.15, -0.1) is 0 Å². The Morgan fingerprint density at radius 2 is 1.75 bits per heavy atom. The molecule has 0 aliphatic heterocycles. The molecular weight excluding hydrogens is 204 g/mol. The van der Waals surface area contributed by atoms with Gasteiger partial charge >= 0.3 is 5.63 Å². The lowest BCUT2D eigenvalue weighted by Gasteiger charge is -1.99. The summed E-state index contributed by atoms with van der Waals surface area (Å²) in [4.78, 5) is 23.3. The molecule has 0 saturated carbocycles. The van der Waals surface area contributed by atoms with Gasteiger partial charge in [0.25, 0.3) is 0 Å². The number of aryl methyl sites for hydroxylation is 1. The Hall–Kier alpha value is -2.16. The number of fused-ring (bicyclic) bond motifs is 3. The normalized spacial score (nSPS) is 12.4. The largest absolute Gasteiger partial charge is 0.422 e. The predicted octanol–water partition coefficient (Wildman–Crippen LogP) is 2.16. The molecule has 3 nitrogen and oxygen atoms in total. The van der Waals surface area contributed by atoms with Crippen molar-refractivity contribution in [1.82, 2.24) is 0 Å². The standard InChI is InChI=1S/C13H8O3/c1-7-6-10(14)16-13-9-5-3-2-4-8(9)12(15)11(7)13/h2-6H,1H3. The van der Waals surface area contributed by atoms with Crippen LogP contribution in [-0.4, -0.2) is 5.78 Å². The van der Waals surface area contributed by atoms with E-state index in [0.717, 1.165) is 0 Å². The van der Waals surface area contributed by atoms with E-state index in [1.807, 2.05) is 6.07 Å². The summed E-state index contributed by atoms with van der Waals surface area (Å²) in [7, 11) is 0. The molecule has 1 aromatic carbocycles. The molecule has 1 aromatic heterocycles. The molecule has 3 heteroatoms. The van der Waals surface area contributed by atoms with Crippen LogP contribution in [0.25, 0.3) is 11.3 Å². The number of hydrogen-bond donors (Lipinski definition) is 0. The maximum absolute atomic E-state index is 12.1. The lowest BCUT2D eigenvalue weighted by molar-refractivity contribution is 0.104. The number of rotatable bonds is 0. The molecule has 3 rings (SSSR count). The number of carbonyl (C=O) groups excluding carboxylic acids is 1. The average molecular weight is 212 g/mol. The van der Waals surface area contributed by atoms with Crippen LogP contribution in [0.4, 0.5) is 0 Å². The van der Waals surface area contributed by atoms with E-state index in [4.69, 9.17) is 4.42 Å². The summed E-state index contributed by atoms with van der Waals surface area (Å²) >= 11 is 0. The third kappa shape index (κ3) is 1.03. The summed E-state index contributed by atoms with van der Waals surface area (Å²) in [6, 6.07) is 8.51. The molecule has 0 atom stereocenters. The number of ketones is 1. The molecule has 1 aliphatic carbocycles. The van der Waals surface area contributed by atoms with Crippen molar-refractivity contribution in [2.75, 3.05) is 0 Å². The molecule has 1 heterocycles. The van der Waals surface area contributed by atoms with Crippen molar-refractivity contribution in [1.29, 1.82) is 0 Å². The van der Waals surface area contributed by atoms with E-state index in [1.54, 1.807) is 25.1 Å². The minimum atomic E-state index is -0.416. The van der Waals surface area contributed by atoms with Crippen LogP contribution >= 0.6 is 0 Å². The average Bonchev–Trinajstić information content (AvgIpc) is 2.54. The van der Waals surface area contributed by atoms with Crippen molar-refractivity contribution in [3.05, 3.63) is 57.4 Å². The Balaban J connectivity index is 2.47. The number of carbonyl (C=O) groups is 1. The number of hydrogen-bond acceptors (Lipinski definition) is 3. The van der Waals surface area contributed by atoms with Gasteiger partial charge in [0, 0.05) is 17.2 Å². The minimum Gasteiger partial charge on any atom is -0.422 e. The van der Waals surface area contributed by atoms with Crippen LogP contribution in [0.1, 0.15) is 21.5 Å². The quantitative estimate of drug-likeness (QED) is 0.573. The van der Waals surface area contributed by atoms with Crippen molar-refractivity contribution in [3.8, 4) is 11.3 Å². The van der Waals surface area contributed by atoms with Crippen LogP contribution < -0.4 is 5.63 Å². The van der Waals surface area contributed by atoms with Crippen LogP contribution in [0.5, 0.6) is 0 Å². The van der Waals surface area contributed by atoms with Gasteiger partial charge in [0.2, 0.25) is 0 Å². The summed E-state index contributed by atoms with van der Waals surface area (Å²) < 4.78 is 5.12. The Kier molecular flexibility index (Phi) is 1.66. The molecule has 0 fully saturated rings. The molecule has 78 valence electrons. The van der Waals surface area contributed by atoms with Crippen LogP contribution in [-0.2, 0) is 0 Å². The predicted molar refractivity (Wildman–Crippen MR) is 58.6 cm³/mol. The van der Waals surface area contributed by atoms with Crippen molar-refractivity contribution < 1.29 is 9.21 Å². The van der Waals surface area contributed by atoms with Gasteiger partial charge in [0.05, 0.1) is 5.56 Å². The second-order valence-corrected chi connectivity index (χ2v) is 3.83. The Bertz CT molecular complexity index is 665. The lowest BCUT2D eigenvalue weighted by atomic mass is 10.1. The maximum Gasteiger partial charge on any atom is 0.336 e. The van der Waals surface area contributed by atoms with Gasteiger partial charge in [0.1, 0.15) is 0 Å². The molecule has 16 heavy (non-hydrogen) atoms. The van der Waals surface area contributed by atoms with Gasteiger partial charge in [0.15, 0.2) is 11.5 Å². The molecule has 0 spiro atoms. The minimum absolute atomic E-state index is 0.0631. The Morgan fingerprint density at radius 3 is 2.50 bits per heavy atom. The Morgan fingerprint density at radius 1 is 1.06 bits per heavy atom. The molecular formula is C13H8O3. The second kappa shape index (κ2) is 2.92. The second-order valence-electron chi connectivity index (χ2n) is 3.83. The highest BCUT2D eigenvalue weighted by atomic mass is 16.4. The molecule has 0 N–H and O–H groups in total. The SMILES string of the molecule is Cc1cc(=O)oc2c1C(=O)c1ccccc1-2. The summed E-state index contributed by atoms with van der Waals surface area (Å²) in [5.41, 5.74) is 2.09. The van der Waals surface area contributed by atoms with Gasteiger partial charge < -0.3 is 4.42 Å². The van der Waals surface area contributed by atoms with Crippen molar-refractivity contribution in [3.63, 3.8) is 0 Å². The highest BCUT2D eigenvalue weighted by molar-refractivity contribution is 6.21. The molecule has 1 aliphatic rings. The maximum atomic E-state index is 12.1. The van der Waals surface area contributed by atoms with Gasteiger partial charge in [-0.2, -0.15) is 0 Å². The zero-order chi connectivity index (χ0) is 11.3. The highest BCUT2D eigenvalue weighted by Crippen LogP contribution is 2.36. The van der Waals surface area contributed by atoms with E-state index >= 15 is 0 Å². The molecule has 0 saturated heterocycles. The van der Waals surface area contributed by atoms with E-state index in [-0.39, 0.29) is 5.78 Å². The highest BCUT2D eigenvalue weighted by Gasteiger charge is 2.30. The van der Waals surface area contributed by atoms with Crippen LogP contribution in [0.3, 0.4) is 0 Å². The van der Waals surface area contributed by atoms with Crippen LogP contribution in [0, 0.1) is 6.92 Å². The van der Waals surface area contributed by atoms with Gasteiger partial charge in [-0.05, 0) is 12.5 Å². The fourth-order valence-corrected chi connectivity index (χ4v) is 2.09. The first-order valence-electron chi connectivity index (χ1n) is 4.97. The number of benzene rings is 1. The van der Waals surface area contributed by atoms with E-state index in [1.165, 1.54) is 6.07 Å². The topological polar surface area (TPSA) is 47.3 Å². The summed E-state index contributed by atoms with van der Waals surface area (Å²) in [6.45, 7) is 1.75. The van der Waals surface area contributed by atoms with E-state index in [2.05, 4.69) is 0 Å². The fraction of sp³-hybridized carbons (Fsp3) is 0.0769. The van der Waals surface area contributed by atoms with Gasteiger partial charge in [-0.25, -0.2) is 4.79 Å². The molecule has 0 bridgehead atoms. The lowest BCUT2D eigenvalue weighted by Crippen LogP contribution is -2.04. The van der Waals surface area contributed by atoms with E-state index < -0.39 is 5.63 Å². The summed E-state index contributed by atoms with van der Waals surface area (Å²) in [5.74, 6) is 0.345. The zero-order valence-electron chi connectivity index (χ0n) is 8.61.